The van der Waals surface area contributed by atoms with Crippen LogP contribution in [-0.4, -0.2) is 30.2 Å². The van der Waals surface area contributed by atoms with Crippen LogP contribution in [0.15, 0.2) is 0 Å². The lowest BCUT2D eigenvalue weighted by atomic mass is 9.76. The van der Waals surface area contributed by atoms with Gasteiger partial charge in [0, 0.05) is 0 Å². The number of nitrogens with two attached hydrogens (primary N) is 1. The molecule has 14 heavy (non-hydrogen) atoms. The first-order valence-corrected chi connectivity index (χ1v) is 4.28. The summed E-state index contributed by atoms with van der Waals surface area (Å²) in [6.45, 7) is 5.15. The first-order valence-electron chi connectivity index (χ1n) is 4.28. The number of carboxylic acid groups (broad SMARTS) is 1. The number of esters is 1. The number of aliphatic carboxylic acids is 1. The molecular weight excluding hydrogens is 186 g/mol. The van der Waals surface area contributed by atoms with Crippen molar-refractivity contribution in [2.75, 3.05) is 7.11 Å². The molecule has 0 saturated heterocycles. The van der Waals surface area contributed by atoms with Gasteiger partial charge >= 0.3 is 11.9 Å². The van der Waals surface area contributed by atoms with E-state index in [0.717, 1.165) is 0 Å². The number of carbonyl (C=O) groups is 2. The number of carboxylic acids is 1. The molecule has 0 amide bonds. The van der Waals surface area contributed by atoms with Gasteiger partial charge < -0.3 is 15.6 Å². The lowest BCUT2D eigenvalue weighted by Gasteiger charge is -2.30. The quantitative estimate of drug-likeness (QED) is 0.641. The Morgan fingerprint density at radius 2 is 1.79 bits per heavy atom. The summed E-state index contributed by atoms with van der Waals surface area (Å²) in [5, 5.41) is 8.94. The normalized spacial score (nSPS) is 15.8. The molecule has 0 fully saturated rings. The molecule has 3 N–H and O–H groups in total. The molecule has 0 aromatic carbocycles. The Morgan fingerprint density at radius 1 is 1.36 bits per heavy atom. The van der Waals surface area contributed by atoms with Crippen LogP contribution in [-0.2, 0) is 14.3 Å². The van der Waals surface area contributed by atoms with Crippen molar-refractivity contribution < 1.29 is 19.4 Å². The predicted octanol–water partition coefficient (Wildman–Crippen LogP) is 0.234. The highest BCUT2D eigenvalue weighted by Gasteiger charge is 2.40. The molecule has 0 radical (unpaired) electrons. The Morgan fingerprint density at radius 3 is 2.00 bits per heavy atom. The Bertz CT molecular complexity index is 231. The van der Waals surface area contributed by atoms with Gasteiger partial charge in [-0.05, 0) is 5.41 Å². The molecule has 0 spiro atoms. The number of hydrogen-bond acceptors (Lipinski definition) is 4. The van der Waals surface area contributed by atoms with E-state index < -0.39 is 29.3 Å². The van der Waals surface area contributed by atoms with E-state index in [9.17, 15) is 9.59 Å². The number of methoxy groups -OCH3 is 1. The van der Waals surface area contributed by atoms with Crippen molar-refractivity contribution >= 4 is 11.9 Å². The van der Waals surface area contributed by atoms with Gasteiger partial charge in [0.15, 0.2) is 0 Å². The van der Waals surface area contributed by atoms with Gasteiger partial charge in [0.05, 0.1) is 13.0 Å². The molecule has 0 aliphatic heterocycles. The first-order chi connectivity index (χ1) is 6.21. The van der Waals surface area contributed by atoms with E-state index >= 15 is 0 Å². The van der Waals surface area contributed by atoms with Crippen molar-refractivity contribution in [2.24, 2.45) is 17.1 Å². The average Bonchev–Trinajstić information content (AvgIpc) is 1.99. The molecule has 0 aromatic heterocycles. The van der Waals surface area contributed by atoms with E-state index in [4.69, 9.17) is 10.8 Å². The third-order valence-electron chi connectivity index (χ3n) is 2.03. The van der Waals surface area contributed by atoms with Crippen molar-refractivity contribution in [1.82, 2.24) is 0 Å². The minimum Gasteiger partial charge on any atom is -0.481 e. The molecule has 5 nitrogen and oxygen atoms in total. The number of rotatable bonds is 3. The molecule has 1 unspecified atom stereocenters. The largest absolute Gasteiger partial charge is 0.481 e. The fourth-order valence-electron chi connectivity index (χ4n) is 1.33. The second-order valence-electron chi connectivity index (χ2n) is 4.23. The van der Waals surface area contributed by atoms with Crippen molar-refractivity contribution in [3.8, 4) is 0 Å². The van der Waals surface area contributed by atoms with Crippen molar-refractivity contribution in [3.63, 3.8) is 0 Å². The summed E-state index contributed by atoms with van der Waals surface area (Å²) in [5.74, 6) is -2.74. The highest BCUT2D eigenvalue weighted by atomic mass is 16.5. The zero-order chi connectivity index (χ0) is 11.5. The van der Waals surface area contributed by atoms with Crippen LogP contribution in [0.25, 0.3) is 0 Å². The lowest BCUT2D eigenvalue weighted by molar-refractivity contribution is -0.155. The summed E-state index contributed by atoms with van der Waals surface area (Å²) in [5.41, 5.74) is 4.92. The highest BCUT2D eigenvalue weighted by molar-refractivity contribution is 5.84. The van der Waals surface area contributed by atoms with Gasteiger partial charge in [-0.25, -0.2) is 0 Å². The van der Waals surface area contributed by atoms with Gasteiger partial charge in [-0.1, -0.05) is 20.8 Å². The monoisotopic (exact) mass is 203 g/mol. The molecule has 0 aliphatic carbocycles. The smallest absolute Gasteiger partial charge is 0.323 e. The summed E-state index contributed by atoms with van der Waals surface area (Å²) in [6.07, 6.45) is 0. The fourth-order valence-corrected chi connectivity index (χ4v) is 1.33. The zero-order valence-corrected chi connectivity index (χ0v) is 8.90. The second-order valence-corrected chi connectivity index (χ2v) is 4.23. The maximum absolute atomic E-state index is 11.1. The third kappa shape index (κ3) is 2.99. The Labute approximate surface area is 83.2 Å². The SMILES string of the molecule is COC(=O)[C@@H](N)C(C(=O)O)C(C)(C)C. The van der Waals surface area contributed by atoms with E-state index in [0.29, 0.717) is 0 Å². The minimum atomic E-state index is -1.13. The van der Waals surface area contributed by atoms with Crippen LogP contribution in [0, 0.1) is 11.3 Å². The molecule has 82 valence electrons. The van der Waals surface area contributed by atoms with Crippen LogP contribution >= 0.6 is 0 Å². The third-order valence-corrected chi connectivity index (χ3v) is 2.03. The minimum absolute atomic E-state index is 0.584. The molecule has 2 atom stereocenters. The Kier molecular flexibility index (Phi) is 4.07. The molecule has 0 heterocycles. The molecular formula is C9H17NO4. The summed E-state index contributed by atoms with van der Waals surface area (Å²) in [6, 6.07) is -1.13. The fraction of sp³-hybridized carbons (Fsp3) is 0.778. The van der Waals surface area contributed by atoms with Gasteiger partial charge in [0.1, 0.15) is 6.04 Å². The maximum atomic E-state index is 11.1. The van der Waals surface area contributed by atoms with Crippen LogP contribution in [0.2, 0.25) is 0 Å². The molecule has 0 aromatic rings. The van der Waals surface area contributed by atoms with Gasteiger partial charge in [0.2, 0.25) is 0 Å². The second kappa shape index (κ2) is 4.41. The summed E-state index contributed by atoms with van der Waals surface area (Å²) in [4.78, 5) is 22.0. The van der Waals surface area contributed by atoms with Crippen LogP contribution in [0.5, 0.6) is 0 Å². The summed E-state index contributed by atoms with van der Waals surface area (Å²) >= 11 is 0. The van der Waals surface area contributed by atoms with Gasteiger partial charge in [-0.15, -0.1) is 0 Å². The predicted molar refractivity (Wildman–Crippen MR) is 50.6 cm³/mol. The van der Waals surface area contributed by atoms with Crippen molar-refractivity contribution in [2.45, 2.75) is 26.8 Å². The number of ether oxygens (including phenoxy) is 1. The summed E-state index contributed by atoms with van der Waals surface area (Å²) in [7, 11) is 1.18. The van der Waals surface area contributed by atoms with E-state index in [1.165, 1.54) is 7.11 Å². The number of carbonyl (C=O) groups excluding carboxylic acids is 1. The molecule has 0 saturated carbocycles. The molecule has 0 rings (SSSR count). The Balaban J connectivity index is 4.85. The van der Waals surface area contributed by atoms with Gasteiger partial charge in [0.25, 0.3) is 0 Å². The van der Waals surface area contributed by atoms with Crippen LogP contribution in [0.4, 0.5) is 0 Å². The van der Waals surface area contributed by atoms with Crippen LogP contribution < -0.4 is 5.73 Å². The lowest BCUT2D eigenvalue weighted by Crippen LogP contribution is -2.48. The van der Waals surface area contributed by atoms with Crippen molar-refractivity contribution in [3.05, 3.63) is 0 Å². The van der Waals surface area contributed by atoms with Crippen LogP contribution in [0.1, 0.15) is 20.8 Å². The van der Waals surface area contributed by atoms with E-state index in [1.807, 2.05) is 0 Å². The molecule has 0 aliphatic rings. The number of hydrogen-bond donors (Lipinski definition) is 2. The summed E-state index contributed by atoms with van der Waals surface area (Å²) < 4.78 is 4.41. The van der Waals surface area contributed by atoms with E-state index in [1.54, 1.807) is 20.8 Å². The van der Waals surface area contributed by atoms with Gasteiger partial charge in [-0.2, -0.15) is 0 Å². The molecule has 0 bridgehead atoms. The first kappa shape index (κ1) is 12.9. The maximum Gasteiger partial charge on any atom is 0.323 e. The highest BCUT2D eigenvalue weighted by Crippen LogP contribution is 2.28. The Hall–Kier alpha value is -1.10. The van der Waals surface area contributed by atoms with Gasteiger partial charge in [-0.3, -0.25) is 9.59 Å². The van der Waals surface area contributed by atoms with Crippen molar-refractivity contribution in [1.29, 1.82) is 0 Å². The van der Waals surface area contributed by atoms with E-state index in [2.05, 4.69) is 4.74 Å². The van der Waals surface area contributed by atoms with E-state index in [-0.39, 0.29) is 0 Å². The zero-order valence-electron chi connectivity index (χ0n) is 8.90. The topological polar surface area (TPSA) is 89.6 Å². The van der Waals surface area contributed by atoms with Crippen LogP contribution in [0.3, 0.4) is 0 Å². The average molecular weight is 203 g/mol. The standard InChI is InChI=1S/C9H17NO4/c1-9(2,3)5(7(11)12)6(10)8(13)14-4/h5-6H,10H2,1-4H3,(H,11,12)/t5?,6-/m0/s1. The molecule has 5 heteroatoms.